The Morgan fingerprint density at radius 2 is 1.79 bits per heavy atom. The summed E-state index contributed by atoms with van der Waals surface area (Å²) >= 11 is 0. The quantitative estimate of drug-likeness (QED) is 0.738. The predicted molar refractivity (Wildman–Crippen MR) is 66.8 cm³/mol. The second-order valence-electron chi connectivity index (χ2n) is 5.23. The van der Waals surface area contributed by atoms with Crippen LogP contribution in [0.25, 0.3) is 0 Å². The van der Waals surface area contributed by atoms with E-state index in [-0.39, 0.29) is 12.5 Å². The second-order valence-corrected chi connectivity index (χ2v) is 5.23. The zero-order valence-electron chi connectivity index (χ0n) is 11.0. The van der Waals surface area contributed by atoms with Crippen molar-refractivity contribution in [3.63, 3.8) is 0 Å². The number of carboxylic acids is 1. The Kier molecular flexibility index (Phi) is 4.76. The summed E-state index contributed by atoms with van der Waals surface area (Å²) in [5.74, 6) is -1.32. The van der Waals surface area contributed by atoms with Gasteiger partial charge >= 0.3 is 5.97 Å². The molecular weight excluding hydrogens is 250 g/mol. The molecule has 1 atom stereocenters. The molecule has 1 heterocycles. The lowest BCUT2D eigenvalue weighted by molar-refractivity contribution is -0.157. The molecule has 0 aromatic carbocycles. The van der Waals surface area contributed by atoms with Gasteiger partial charge in [-0.05, 0) is 12.8 Å². The maximum Gasteiger partial charge on any atom is 0.329 e. The number of amides is 1. The Labute approximate surface area is 112 Å². The van der Waals surface area contributed by atoms with E-state index in [1.165, 1.54) is 0 Å². The summed E-state index contributed by atoms with van der Waals surface area (Å²) in [4.78, 5) is 23.7. The molecule has 6 heteroatoms. The molecule has 1 aliphatic carbocycles. The van der Waals surface area contributed by atoms with Crippen LogP contribution in [-0.2, 0) is 19.1 Å². The van der Waals surface area contributed by atoms with Crippen molar-refractivity contribution in [2.45, 2.75) is 50.2 Å². The number of carbonyl (C=O) groups excluding carboxylic acids is 1. The molecule has 0 unspecified atom stereocenters. The van der Waals surface area contributed by atoms with Crippen molar-refractivity contribution < 1.29 is 24.2 Å². The highest BCUT2D eigenvalue weighted by atomic mass is 16.6. The molecule has 0 aromatic heterocycles. The third kappa shape index (κ3) is 3.45. The molecule has 108 valence electrons. The number of carboxylic acid groups (broad SMARTS) is 1. The highest BCUT2D eigenvalue weighted by Crippen LogP contribution is 2.27. The molecule has 1 aliphatic heterocycles. The van der Waals surface area contributed by atoms with Gasteiger partial charge in [-0.3, -0.25) is 4.79 Å². The van der Waals surface area contributed by atoms with E-state index in [1.54, 1.807) is 0 Å². The lowest BCUT2D eigenvalue weighted by atomic mass is 9.90. The highest BCUT2D eigenvalue weighted by molar-refractivity contribution is 5.89. The minimum Gasteiger partial charge on any atom is -0.480 e. The molecule has 0 bridgehead atoms. The topological polar surface area (TPSA) is 84.9 Å². The normalized spacial score (nSPS) is 27.3. The van der Waals surface area contributed by atoms with Crippen molar-refractivity contribution in [2.24, 2.45) is 0 Å². The largest absolute Gasteiger partial charge is 0.480 e. The van der Waals surface area contributed by atoms with E-state index in [0.717, 1.165) is 25.7 Å². The summed E-state index contributed by atoms with van der Waals surface area (Å²) < 4.78 is 10.5. The van der Waals surface area contributed by atoms with Crippen LogP contribution in [-0.4, -0.2) is 48.4 Å². The smallest absolute Gasteiger partial charge is 0.329 e. The summed E-state index contributed by atoms with van der Waals surface area (Å²) in [6, 6.07) is 0. The average Bonchev–Trinajstić information content (AvgIpc) is 2.66. The Balaban J connectivity index is 2.02. The van der Waals surface area contributed by atoms with Gasteiger partial charge < -0.3 is 19.9 Å². The lowest BCUT2D eigenvalue weighted by Gasteiger charge is -2.32. The van der Waals surface area contributed by atoms with Crippen LogP contribution >= 0.6 is 0 Å². The maximum atomic E-state index is 12.1. The van der Waals surface area contributed by atoms with Gasteiger partial charge in [0.25, 0.3) is 5.91 Å². The van der Waals surface area contributed by atoms with Crippen LogP contribution in [0.4, 0.5) is 0 Å². The lowest BCUT2D eigenvalue weighted by Crippen LogP contribution is -2.58. The van der Waals surface area contributed by atoms with Crippen LogP contribution in [0.3, 0.4) is 0 Å². The number of aliphatic carboxylic acids is 1. The van der Waals surface area contributed by atoms with Gasteiger partial charge in [0.15, 0.2) is 6.10 Å². The standard InChI is InChI=1S/C13H21NO5/c15-11(10-9-18-7-8-19-10)14-13(12(16)17)5-3-1-2-4-6-13/h10H,1-9H2,(H,14,15)(H,16,17)/t10-/m1/s1. The zero-order chi connectivity index (χ0) is 13.7. The first kappa shape index (κ1) is 14.3. The van der Waals surface area contributed by atoms with E-state index in [2.05, 4.69) is 5.32 Å². The molecule has 1 saturated carbocycles. The fourth-order valence-electron chi connectivity index (χ4n) is 2.68. The summed E-state index contributed by atoms with van der Waals surface area (Å²) in [5, 5.41) is 12.2. The van der Waals surface area contributed by atoms with E-state index in [1.807, 2.05) is 0 Å². The third-order valence-electron chi connectivity index (χ3n) is 3.84. The maximum absolute atomic E-state index is 12.1. The van der Waals surface area contributed by atoms with E-state index < -0.39 is 17.6 Å². The molecule has 1 amide bonds. The Morgan fingerprint density at radius 1 is 1.11 bits per heavy atom. The Hall–Kier alpha value is -1.14. The summed E-state index contributed by atoms with van der Waals surface area (Å²) in [6.07, 6.45) is 3.99. The van der Waals surface area contributed by atoms with Gasteiger partial charge in [0.05, 0.1) is 19.8 Å². The van der Waals surface area contributed by atoms with Crippen LogP contribution in [0, 0.1) is 0 Å². The minimum absolute atomic E-state index is 0.196. The molecule has 19 heavy (non-hydrogen) atoms. The van der Waals surface area contributed by atoms with Crippen LogP contribution in [0.5, 0.6) is 0 Å². The van der Waals surface area contributed by atoms with Crippen molar-refractivity contribution in [1.82, 2.24) is 5.32 Å². The van der Waals surface area contributed by atoms with Crippen LogP contribution in [0.1, 0.15) is 38.5 Å². The van der Waals surface area contributed by atoms with Gasteiger partial charge in [0.2, 0.25) is 0 Å². The predicted octanol–water partition coefficient (Wildman–Crippen LogP) is 0.696. The summed E-state index contributed by atoms with van der Waals surface area (Å²) in [7, 11) is 0. The fraction of sp³-hybridized carbons (Fsp3) is 0.846. The number of carbonyl (C=O) groups is 2. The van der Waals surface area contributed by atoms with Gasteiger partial charge in [0, 0.05) is 0 Å². The highest BCUT2D eigenvalue weighted by Gasteiger charge is 2.41. The van der Waals surface area contributed by atoms with E-state index in [9.17, 15) is 14.7 Å². The first-order chi connectivity index (χ1) is 9.14. The number of rotatable bonds is 3. The Bertz CT molecular complexity index is 330. The third-order valence-corrected chi connectivity index (χ3v) is 3.84. The zero-order valence-corrected chi connectivity index (χ0v) is 11.0. The van der Waals surface area contributed by atoms with Crippen LogP contribution < -0.4 is 5.32 Å². The van der Waals surface area contributed by atoms with Gasteiger partial charge in [-0.1, -0.05) is 25.7 Å². The molecule has 2 fully saturated rings. The molecular formula is C13H21NO5. The molecule has 0 aromatic rings. The monoisotopic (exact) mass is 271 g/mol. The van der Waals surface area contributed by atoms with Crippen LogP contribution in [0.2, 0.25) is 0 Å². The van der Waals surface area contributed by atoms with Gasteiger partial charge in [0.1, 0.15) is 5.54 Å². The fourth-order valence-corrected chi connectivity index (χ4v) is 2.68. The number of ether oxygens (including phenoxy) is 2. The van der Waals surface area contributed by atoms with Crippen molar-refractivity contribution in [1.29, 1.82) is 0 Å². The molecule has 0 radical (unpaired) electrons. The molecule has 2 aliphatic rings. The molecule has 1 saturated heterocycles. The average molecular weight is 271 g/mol. The van der Waals surface area contributed by atoms with E-state index in [0.29, 0.717) is 26.1 Å². The molecule has 6 nitrogen and oxygen atoms in total. The van der Waals surface area contributed by atoms with Crippen molar-refractivity contribution in [3.8, 4) is 0 Å². The van der Waals surface area contributed by atoms with E-state index >= 15 is 0 Å². The molecule has 2 N–H and O–H groups in total. The van der Waals surface area contributed by atoms with Crippen molar-refractivity contribution >= 4 is 11.9 Å². The first-order valence-electron chi connectivity index (χ1n) is 6.89. The Morgan fingerprint density at radius 3 is 2.32 bits per heavy atom. The molecule has 2 rings (SSSR count). The number of nitrogens with one attached hydrogen (secondary N) is 1. The second kappa shape index (κ2) is 6.34. The van der Waals surface area contributed by atoms with Crippen molar-refractivity contribution in [3.05, 3.63) is 0 Å². The van der Waals surface area contributed by atoms with Gasteiger partial charge in [-0.25, -0.2) is 4.79 Å². The number of hydrogen-bond donors (Lipinski definition) is 2. The SMILES string of the molecule is O=C(NC1(C(=O)O)CCCCCC1)[C@H]1COCCO1. The number of hydrogen-bond acceptors (Lipinski definition) is 4. The van der Waals surface area contributed by atoms with Gasteiger partial charge in [-0.15, -0.1) is 0 Å². The van der Waals surface area contributed by atoms with Gasteiger partial charge in [-0.2, -0.15) is 0 Å². The van der Waals surface area contributed by atoms with Crippen LogP contribution in [0.15, 0.2) is 0 Å². The van der Waals surface area contributed by atoms with Crippen molar-refractivity contribution in [2.75, 3.05) is 19.8 Å². The minimum atomic E-state index is -1.13. The summed E-state index contributed by atoms with van der Waals surface area (Å²) in [5.41, 5.74) is -1.13. The van der Waals surface area contributed by atoms with E-state index in [4.69, 9.17) is 9.47 Å². The summed E-state index contributed by atoms with van der Waals surface area (Å²) in [6.45, 7) is 1.05. The first-order valence-corrected chi connectivity index (χ1v) is 6.89. The molecule has 0 spiro atoms.